The van der Waals surface area contributed by atoms with E-state index in [1.54, 1.807) is 6.33 Å². The Balaban J connectivity index is 1.10. The van der Waals surface area contributed by atoms with Gasteiger partial charge >= 0.3 is 0 Å². The lowest BCUT2D eigenvalue weighted by molar-refractivity contribution is 0.452. The van der Waals surface area contributed by atoms with Gasteiger partial charge in [-0.1, -0.05) is 30.3 Å². The lowest BCUT2D eigenvalue weighted by atomic mass is 10.1. The molecule has 5 rings (SSSR count). The third-order valence-corrected chi connectivity index (χ3v) is 7.11. The van der Waals surface area contributed by atoms with Crippen LogP contribution in [0.15, 0.2) is 67.4 Å². The van der Waals surface area contributed by atoms with Crippen molar-refractivity contribution in [1.29, 1.82) is 0 Å². The Morgan fingerprint density at radius 2 is 1.77 bits per heavy atom. The van der Waals surface area contributed by atoms with E-state index < -0.39 is 0 Å². The molecule has 0 spiro atoms. The van der Waals surface area contributed by atoms with Crippen LogP contribution in [0.4, 0.5) is 5.82 Å². The van der Waals surface area contributed by atoms with E-state index in [0.29, 0.717) is 17.8 Å². The summed E-state index contributed by atoms with van der Waals surface area (Å²) in [6, 6.07) is 15.1. The topological polar surface area (TPSA) is 93.7 Å². The van der Waals surface area contributed by atoms with Gasteiger partial charge in [0, 0.05) is 30.2 Å². The zero-order chi connectivity index (χ0) is 23.9. The summed E-state index contributed by atoms with van der Waals surface area (Å²) in [5.74, 6) is 1.22. The van der Waals surface area contributed by atoms with Gasteiger partial charge in [0.25, 0.3) is 0 Å². The van der Waals surface area contributed by atoms with Crippen molar-refractivity contribution in [3.63, 3.8) is 0 Å². The van der Waals surface area contributed by atoms with Crippen molar-refractivity contribution in [2.24, 2.45) is 5.92 Å². The van der Waals surface area contributed by atoms with Crippen LogP contribution in [0.3, 0.4) is 0 Å². The maximum atomic E-state index is 6.29. The van der Waals surface area contributed by atoms with Crippen molar-refractivity contribution >= 4 is 16.9 Å². The summed E-state index contributed by atoms with van der Waals surface area (Å²) in [5, 5.41) is 8.19. The number of hydrogen-bond acceptors (Lipinski definition) is 6. The Morgan fingerprint density at radius 3 is 2.63 bits per heavy atom. The molecule has 0 aliphatic heterocycles. The van der Waals surface area contributed by atoms with Crippen molar-refractivity contribution in [3.05, 3.63) is 72.9 Å². The molecule has 2 atom stereocenters. The Morgan fingerprint density at radius 1 is 0.943 bits per heavy atom. The molecule has 1 aliphatic rings. The Labute approximate surface area is 207 Å². The van der Waals surface area contributed by atoms with Crippen molar-refractivity contribution in [2.75, 3.05) is 31.9 Å². The second-order valence-corrected chi connectivity index (χ2v) is 9.52. The molecule has 35 heavy (non-hydrogen) atoms. The van der Waals surface area contributed by atoms with Crippen molar-refractivity contribution in [1.82, 2.24) is 30.2 Å². The van der Waals surface area contributed by atoms with E-state index in [9.17, 15) is 0 Å². The summed E-state index contributed by atoms with van der Waals surface area (Å²) in [7, 11) is 0. The standard InChI is InChI=1S/C28H35N7/c29-27-26-25(23-10-15-31-16-11-23)19-35(28(26)34-20-33-27)24-8-7-22(17-24)18-32-13-4-12-30-14-9-21-5-2-1-3-6-21/h1-3,5-6,10-11,15-16,19-20,22,24,30,32H,4,7-9,12-14,17-18H2,(H2,29,33,34). The Kier molecular flexibility index (Phi) is 7.66. The lowest BCUT2D eigenvalue weighted by Gasteiger charge is -2.15. The van der Waals surface area contributed by atoms with Crippen molar-refractivity contribution in [3.8, 4) is 11.1 Å². The first-order valence-corrected chi connectivity index (χ1v) is 12.8. The van der Waals surface area contributed by atoms with E-state index in [1.165, 1.54) is 12.0 Å². The predicted molar refractivity (Wildman–Crippen MR) is 142 cm³/mol. The fourth-order valence-electron chi connectivity index (χ4n) is 5.27. The highest BCUT2D eigenvalue weighted by Crippen LogP contribution is 2.40. The molecular weight excluding hydrogens is 434 g/mol. The molecular formula is C28H35N7. The summed E-state index contributed by atoms with van der Waals surface area (Å²) >= 11 is 0. The quantitative estimate of drug-likeness (QED) is 0.285. The van der Waals surface area contributed by atoms with E-state index >= 15 is 0 Å². The third kappa shape index (κ3) is 5.69. The van der Waals surface area contributed by atoms with Gasteiger partial charge in [-0.3, -0.25) is 4.98 Å². The molecule has 4 aromatic rings. The molecule has 2 unspecified atom stereocenters. The molecule has 1 saturated carbocycles. The number of rotatable bonds is 11. The van der Waals surface area contributed by atoms with Crippen LogP contribution in [0, 0.1) is 5.92 Å². The molecule has 4 N–H and O–H groups in total. The average molecular weight is 470 g/mol. The number of nitrogens with one attached hydrogen (secondary N) is 2. The maximum Gasteiger partial charge on any atom is 0.146 e. The molecule has 0 saturated heterocycles. The molecule has 1 fully saturated rings. The zero-order valence-electron chi connectivity index (χ0n) is 20.2. The molecule has 7 heteroatoms. The molecule has 1 aromatic carbocycles. The number of pyridine rings is 1. The SMILES string of the molecule is Nc1ncnc2c1c(-c1ccncc1)cn2C1CCC(CNCCCNCCc2ccccc2)C1. The third-order valence-electron chi connectivity index (χ3n) is 7.11. The van der Waals surface area contributed by atoms with Gasteiger partial charge in [-0.2, -0.15) is 0 Å². The van der Waals surface area contributed by atoms with E-state index in [2.05, 4.69) is 66.7 Å². The van der Waals surface area contributed by atoms with Gasteiger partial charge in [-0.25, -0.2) is 9.97 Å². The largest absolute Gasteiger partial charge is 0.383 e. The summed E-state index contributed by atoms with van der Waals surface area (Å²) in [5.41, 5.74) is 10.8. The molecule has 3 heterocycles. The van der Waals surface area contributed by atoms with Gasteiger partial charge in [-0.05, 0) is 87.5 Å². The fourth-order valence-corrected chi connectivity index (χ4v) is 5.27. The number of fused-ring (bicyclic) bond motifs is 1. The van der Waals surface area contributed by atoms with E-state index in [1.807, 2.05) is 24.5 Å². The Bertz CT molecular complexity index is 1210. The number of anilines is 1. The summed E-state index contributed by atoms with van der Waals surface area (Å²) in [6.45, 7) is 4.23. The lowest BCUT2D eigenvalue weighted by Crippen LogP contribution is -2.26. The predicted octanol–water partition coefficient (Wildman–Crippen LogP) is 4.23. The average Bonchev–Trinajstić information content (AvgIpc) is 3.52. The monoisotopic (exact) mass is 469 g/mol. The number of benzene rings is 1. The highest BCUT2D eigenvalue weighted by molar-refractivity contribution is 6.00. The minimum atomic E-state index is 0.439. The first-order valence-electron chi connectivity index (χ1n) is 12.8. The van der Waals surface area contributed by atoms with Crippen LogP contribution < -0.4 is 16.4 Å². The number of hydrogen-bond donors (Lipinski definition) is 3. The smallest absolute Gasteiger partial charge is 0.146 e. The van der Waals surface area contributed by atoms with Gasteiger partial charge in [0.1, 0.15) is 17.8 Å². The van der Waals surface area contributed by atoms with Crippen LogP contribution in [0.5, 0.6) is 0 Å². The molecule has 7 nitrogen and oxygen atoms in total. The summed E-state index contributed by atoms with van der Waals surface area (Å²) in [6.07, 6.45) is 13.2. The summed E-state index contributed by atoms with van der Waals surface area (Å²) < 4.78 is 2.33. The maximum absolute atomic E-state index is 6.29. The minimum Gasteiger partial charge on any atom is -0.383 e. The van der Waals surface area contributed by atoms with Gasteiger partial charge in [0.2, 0.25) is 0 Å². The van der Waals surface area contributed by atoms with Crippen LogP contribution in [0.1, 0.15) is 37.3 Å². The Hall–Kier alpha value is -3.29. The van der Waals surface area contributed by atoms with Crippen LogP contribution in [0.2, 0.25) is 0 Å². The second-order valence-electron chi connectivity index (χ2n) is 9.52. The number of nitrogens with two attached hydrogens (primary N) is 1. The summed E-state index contributed by atoms with van der Waals surface area (Å²) in [4.78, 5) is 13.0. The van der Waals surface area contributed by atoms with E-state index in [4.69, 9.17) is 5.73 Å². The highest BCUT2D eigenvalue weighted by Gasteiger charge is 2.28. The van der Waals surface area contributed by atoms with Gasteiger partial charge < -0.3 is 20.9 Å². The molecule has 0 amide bonds. The molecule has 1 aliphatic carbocycles. The molecule has 0 radical (unpaired) electrons. The second kappa shape index (κ2) is 11.4. The van der Waals surface area contributed by atoms with Crippen molar-refractivity contribution < 1.29 is 0 Å². The number of nitrogen functional groups attached to an aromatic ring is 1. The molecule has 3 aromatic heterocycles. The van der Waals surface area contributed by atoms with Crippen LogP contribution >= 0.6 is 0 Å². The van der Waals surface area contributed by atoms with Gasteiger partial charge in [0.05, 0.1) is 5.39 Å². The van der Waals surface area contributed by atoms with Gasteiger partial charge in [-0.15, -0.1) is 0 Å². The molecule has 182 valence electrons. The van der Waals surface area contributed by atoms with Crippen LogP contribution in [0.25, 0.3) is 22.2 Å². The normalized spacial score (nSPS) is 17.8. The van der Waals surface area contributed by atoms with Crippen LogP contribution in [-0.2, 0) is 6.42 Å². The van der Waals surface area contributed by atoms with Crippen LogP contribution in [-0.4, -0.2) is 45.7 Å². The number of nitrogens with zero attached hydrogens (tertiary/aromatic N) is 4. The first kappa shape index (κ1) is 23.5. The van der Waals surface area contributed by atoms with Gasteiger partial charge in [0.15, 0.2) is 0 Å². The highest BCUT2D eigenvalue weighted by atomic mass is 15.1. The van der Waals surface area contributed by atoms with E-state index in [-0.39, 0.29) is 0 Å². The van der Waals surface area contributed by atoms with Crippen molar-refractivity contribution in [2.45, 2.75) is 38.1 Å². The zero-order valence-corrected chi connectivity index (χ0v) is 20.2. The fraction of sp³-hybridized carbons (Fsp3) is 0.393. The molecule has 0 bridgehead atoms. The minimum absolute atomic E-state index is 0.439. The number of aromatic nitrogens is 4. The van der Waals surface area contributed by atoms with E-state index in [0.717, 1.165) is 74.0 Å². The first-order chi connectivity index (χ1) is 17.3.